The Morgan fingerprint density at radius 3 is 2.17 bits per heavy atom. The molecule has 6 nitrogen and oxygen atoms in total. The standard InChI is InChI=1S/C17H27N2O4Si/c1-19(2)9-7-13(24)6-8-18-17(20)12-10-14(21-3)16(23-5)15(11-12)22-4/h10-11,13H,6-9H2,1-5H3,(H,18,20). The number of carbonyl (C=O) groups is 1. The highest BCUT2D eigenvalue weighted by Gasteiger charge is 2.17. The molecule has 1 atom stereocenters. The summed E-state index contributed by atoms with van der Waals surface area (Å²) >= 11 is 0. The van der Waals surface area contributed by atoms with E-state index in [1.54, 1.807) is 12.1 Å². The van der Waals surface area contributed by atoms with Crippen LogP contribution in [0.4, 0.5) is 0 Å². The van der Waals surface area contributed by atoms with Gasteiger partial charge in [-0.1, -0.05) is 0 Å². The summed E-state index contributed by atoms with van der Waals surface area (Å²) in [5, 5.41) is 2.92. The van der Waals surface area contributed by atoms with E-state index in [0.29, 0.717) is 34.9 Å². The third-order valence-electron chi connectivity index (χ3n) is 3.63. The number of rotatable bonds is 10. The van der Waals surface area contributed by atoms with Gasteiger partial charge in [0.25, 0.3) is 5.91 Å². The van der Waals surface area contributed by atoms with Gasteiger partial charge in [0.05, 0.1) is 21.3 Å². The molecule has 1 unspecified atom stereocenters. The topological polar surface area (TPSA) is 60.0 Å². The summed E-state index contributed by atoms with van der Waals surface area (Å²) in [6.07, 6.45) is 1.89. The smallest absolute Gasteiger partial charge is 0.251 e. The predicted octanol–water partition coefficient (Wildman–Crippen LogP) is 1.74. The zero-order valence-electron chi connectivity index (χ0n) is 15.1. The van der Waals surface area contributed by atoms with Crippen molar-refractivity contribution in [2.75, 3.05) is 48.5 Å². The SMILES string of the molecule is COc1cc(C(=O)NCCC([Si])CCN(C)C)cc(OC)c1OC. The first kappa shape index (κ1) is 20.3. The second kappa shape index (κ2) is 10.2. The van der Waals surface area contributed by atoms with Crippen LogP contribution in [0.5, 0.6) is 17.2 Å². The minimum absolute atomic E-state index is 0.166. The molecule has 1 N–H and O–H groups in total. The van der Waals surface area contributed by atoms with Gasteiger partial charge in [-0.05, 0) is 51.2 Å². The molecular weight excluding hydrogens is 324 g/mol. The first-order valence-corrected chi connectivity index (χ1v) is 8.44. The Kier molecular flexibility index (Phi) is 8.63. The molecule has 133 valence electrons. The van der Waals surface area contributed by atoms with E-state index < -0.39 is 0 Å². The molecule has 0 fully saturated rings. The first-order valence-electron chi connectivity index (χ1n) is 7.87. The number of methoxy groups -OCH3 is 3. The van der Waals surface area contributed by atoms with Gasteiger partial charge in [-0.15, -0.1) is 0 Å². The van der Waals surface area contributed by atoms with Crippen molar-refractivity contribution in [3.05, 3.63) is 17.7 Å². The largest absolute Gasteiger partial charge is 0.493 e. The fourth-order valence-electron chi connectivity index (χ4n) is 2.23. The molecule has 0 aliphatic rings. The average Bonchev–Trinajstić information content (AvgIpc) is 2.58. The van der Waals surface area contributed by atoms with E-state index in [4.69, 9.17) is 14.2 Å². The highest BCUT2D eigenvalue weighted by Crippen LogP contribution is 2.38. The summed E-state index contributed by atoms with van der Waals surface area (Å²) in [6.45, 7) is 1.60. The summed E-state index contributed by atoms with van der Waals surface area (Å²) in [4.78, 5) is 14.5. The second-order valence-electron chi connectivity index (χ2n) is 5.75. The molecule has 0 aliphatic carbocycles. The lowest BCUT2D eigenvalue weighted by molar-refractivity contribution is 0.0952. The second-order valence-corrected chi connectivity index (χ2v) is 6.56. The van der Waals surface area contributed by atoms with E-state index in [-0.39, 0.29) is 5.91 Å². The monoisotopic (exact) mass is 351 g/mol. The lowest BCUT2D eigenvalue weighted by Gasteiger charge is -2.16. The lowest BCUT2D eigenvalue weighted by Crippen LogP contribution is -2.26. The summed E-state index contributed by atoms with van der Waals surface area (Å²) in [5.41, 5.74) is 0.843. The molecule has 1 rings (SSSR count). The molecule has 0 saturated heterocycles. The van der Waals surface area contributed by atoms with Crippen molar-refractivity contribution < 1.29 is 19.0 Å². The van der Waals surface area contributed by atoms with Crippen molar-refractivity contribution in [1.29, 1.82) is 0 Å². The van der Waals surface area contributed by atoms with Crippen LogP contribution >= 0.6 is 0 Å². The normalized spacial score (nSPS) is 12.0. The van der Waals surface area contributed by atoms with Crippen LogP contribution in [0.15, 0.2) is 12.1 Å². The third kappa shape index (κ3) is 6.05. The lowest BCUT2D eigenvalue weighted by atomic mass is 10.1. The van der Waals surface area contributed by atoms with Crippen LogP contribution < -0.4 is 19.5 Å². The molecule has 0 saturated carbocycles. The molecule has 0 spiro atoms. The number of nitrogens with zero attached hydrogens (tertiary/aromatic N) is 1. The molecule has 7 heteroatoms. The zero-order valence-corrected chi connectivity index (χ0v) is 16.1. The minimum atomic E-state index is -0.166. The molecule has 0 aliphatic heterocycles. The summed E-state index contributed by atoms with van der Waals surface area (Å²) in [6, 6.07) is 3.29. The van der Waals surface area contributed by atoms with E-state index in [0.717, 1.165) is 19.4 Å². The number of benzene rings is 1. The molecule has 3 radical (unpaired) electrons. The molecule has 0 aromatic heterocycles. The van der Waals surface area contributed by atoms with Crippen molar-refractivity contribution in [2.45, 2.75) is 18.4 Å². The number of nitrogens with one attached hydrogen (secondary N) is 1. The third-order valence-corrected chi connectivity index (χ3v) is 4.21. The van der Waals surface area contributed by atoms with Crippen LogP contribution in [0.25, 0.3) is 0 Å². The van der Waals surface area contributed by atoms with Crippen LogP contribution in [-0.2, 0) is 0 Å². The first-order chi connectivity index (χ1) is 11.4. The Balaban J connectivity index is 2.65. The minimum Gasteiger partial charge on any atom is -0.493 e. The van der Waals surface area contributed by atoms with E-state index in [1.165, 1.54) is 21.3 Å². The van der Waals surface area contributed by atoms with Crippen LogP contribution in [0.2, 0.25) is 5.54 Å². The maximum absolute atomic E-state index is 12.3. The number of hydrogen-bond acceptors (Lipinski definition) is 5. The van der Waals surface area contributed by atoms with Gasteiger partial charge in [0.2, 0.25) is 5.75 Å². The number of ether oxygens (including phenoxy) is 3. The van der Waals surface area contributed by atoms with Gasteiger partial charge in [0, 0.05) is 22.4 Å². The van der Waals surface area contributed by atoms with Gasteiger partial charge in [-0.2, -0.15) is 0 Å². The van der Waals surface area contributed by atoms with Crippen LogP contribution in [0.3, 0.4) is 0 Å². The van der Waals surface area contributed by atoms with E-state index in [9.17, 15) is 4.79 Å². The van der Waals surface area contributed by atoms with Crippen molar-refractivity contribution in [1.82, 2.24) is 10.2 Å². The number of hydrogen-bond donors (Lipinski definition) is 1. The molecule has 1 amide bonds. The Labute approximate surface area is 147 Å². The summed E-state index contributed by atoms with van der Waals surface area (Å²) in [7, 11) is 12.4. The molecule has 24 heavy (non-hydrogen) atoms. The van der Waals surface area contributed by atoms with Crippen molar-refractivity contribution >= 4 is 16.1 Å². The molecule has 0 heterocycles. The predicted molar refractivity (Wildman–Crippen MR) is 95.7 cm³/mol. The van der Waals surface area contributed by atoms with Crippen LogP contribution in [0.1, 0.15) is 23.2 Å². The zero-order chi connectivity index (χ0) is 18.1. The van der Waals surface area contributed by atoms with E-state index >= 15 is 0 Å². The van der Waals surface area contributed by atoms with Gasteiger partial charge in [-0.3, -0.25) is 4.79 Å². The van der Waals surface area contributed by atoms with Crippen LogP contribution in [-0.4, -0.2) is 69.6 Å². The molecular formula is C17H27N2O4Si. The highest BCUT2D eigenvalue weighted by atomic mass is 28.1. The Morgan fingerprint density at radius 1 is 1.12 bits per heavy atom. The van der Waals surface area contributed by atoms with Crippen LogP contribution in [0, 0.1) is 0 Å². The Bertz CT molecular complexity index is 512. The Morgan fingerprint density at radius 2 is 1.71 bits per heavy atom. The quantitative estimate of drug-likeness (QED) is 0.651. The van der Waals surface area contributed by atoms with Gasteiger partial charge in [0.1, 0.15) is 0 Å². The van der Waals surface area contributed by atoms with Crippen molar-refractivity contribution in [3.8, 4) is 17.2 Å². The average molecular weight is 351 g/mol. The van der Waals surface area contributed by atoms with Gasteiger partial charge < -0.3 is 24.4 Å². The maximum Gasteiger partial charge on any atom is 0.251 e. The summed E-state index contributed by atoms with van der Waals surface area (Å²) < 4.78 is 15.8. The molecule has 0 bridgehead atoms. The number of carbonyl (C=O) groups excluding carboxylic acids is 1. The van der Waals surface area contributed by atoms with E-state index in [2.05, 4.69) is 20.5 Å². The van der Waals surface area contributed by atoms with Gasteiger partial charge >= 0.3 is 0 Å². The molecule has 1 aromatic carbocycles. The highest BCUT2D eigenvalue weighted by molar-refractivity contribution is 6.11. The Hall–Kier alpha value is -1.73. The fourth-order valence-corrected chi connectivity index (χ4v) is 2.51. The van der Waals surface area contributed by atoms with Gasteiger partial charge in [0.15, 0.2) is 11.5 Å². The molecule has 1 aromatic rings. The fraction of sp³-hybridized carbons (Fsp3) is 0.588. The van der Waals surface area contributed by atoms with Crippen molar-refractivity contribution in [2.24, 2.45) is 0 Å². The van der Waals surface area contributed by atoms with E-state index in [1.807, 2.05) is 14.1 Å². The summed E-state index contributed by atoms with van der Waals surface area (Å²) in [5.74, 6) is 1.23. The van der Waals surface area contributed by atoms with Gasteiger partial charge in [-0.25, -0.2) is 0 Å². The maximum atomic E-state index is 12.3. The number of amides is 1. The van der Waals surface area contributed by atoms with Crippen molar-refractivity contribution in [3.63, 3.8) is 0 Å².